The molecule has 1 unspecified atom stereocenters. The van der Waals surface area contributed by atoms with Crippen LogP contribution in [0.3, 0.4) is 0 Å². The molecule has 0 N–H and O–H groups in total. The molecule has 0 saturated heterocycles. The lowest BCUT2D eigenvalue weighted by Gasteiger charge is -2.28. The molecular weight excluding hydrogens is 234 g/mol. The van der Waals surface area contributed by atoms with E-state index in [1.54, 1.807) is 0 Å². The molecule has 1 heterocycles. The van der Waals surface area contributed by atoms with Crippen molar-refractivity contribution in [3.8, 4) is 0 Å². The van der Waals surface area contributed by atoms with Gasteiger partial charge in [0.25, 0.3) is 0 Å². The predicted octanol–water partition coefficient (Wildman–Crippen LogP) is 3.63. The standard InChI is InChI=1S/C13H20ClN3/c1-4-9(3)17(5-2)12-8-11(14)15-13(16-12)10-6-7-10/h8-10H,4-7H2,1-3H3. The first-order valence-corrected chi connectivity index (χ1v) is 6.84. The molecule has 4 heteroatoms. The third-order valence-electron chi connectivity index (χ3n) is 3.40. The Balaban J connectivity index is 2.28. The van der Waals surface area contributed by atoms with Gasteiger partial charge in [-0.2, -0.15) is 0 Å². The van der Waals surface area contributed by atoms with E-state index in [0.29, 0.717) is 17.1 Å². The number of halogens is 1. The summed E-state index contributed by atoms with van der Waals surface area (Å²) in [5.41, 5.74) is 0. The van der Waals surface area contributed by atoms with Gasteiger partial charge in [-0.3, -0.25) is 0 Å². The zero-order chi connectivity index (χ0) is 12.4. The number of hydrogen-bond acceptors (Lipinski definition) is 3. The third-order valence-corrected chi connectivity index (χ3v) is 3.59. The predicted molar refractivity (Wildman–Crippen MR) is 71.8 cm³/mol. The van der Waals surface area contributed by atoms with E-state index in [2.05, 4.69) is 35.6 Å². The number of anilines is 1. The lowest BCUT2D eigenvalue weighted by atomic mass is 10.2. The summed E-state index contributed by atoms with van der Waals surface area (Å²) < 4.78 is 0. The first kappa shape index (κ1) is 12.6. The second kappa shape index (κ2) is 5.21. The van der Waals surface area contributed by atoms with Crippen molar-refractivity contribution < 1.29 is 0 Å². The molecule has 1 aliphatic rings. The van der Waals surface area contributed by atoms with Crippen LogP contribution in [0.25, 0.3) is 0 Å². The molecule has 94 valence electrons. The zero-order valence-corrected chi connectivity index (χ0v) is 11.5. The van der Waals surface area contributed by atoms with Crippen molar-refractivity contribution in [3.63, 3.8) is 0 Å². The molecule has 0 bridgehead atoms. The fourth-order valence-electron chi connectivity index (χ4n) is 2.01. The molecule has 2 rings (SSSR count). The van der Waals surface area contributed by atoms with Crippen LogP contribution in [0.4, 0.5) is 5.82 Å². The smallest absolute Gasteiger partial charge is 0.135 e. The number of hydrogen-bond donors (Lipinski definition) is 0. The van der Waals surface area contributed by atoms with Crippen LogP contribution in [0.2, 0.25) is 5.15 Å². The highest BCUT2D eigenvalue weighted by molar-refractivity contribution is 6.29. The minimum absolute atomic E-state index is 0.484. The van der Waals surface area contributed by atoms with Crippen molar-refractivity contribution in [1.82, 2.24) is 9.97 Å². The highest BCUT2D eigenvalue weighted by Crippen LogP contribution is 2.39. The Morgan fingerprint density at radius 1 is 1.41 bits per heavy atom. The Labute approximate surface area is 108 Å². The second-order valence-corrected chi connectivity index (χ2v) is 5.11. The van der Waals surface area contributed by atoms with E-state index in [1.165, 1.54) is 12.8 Å². The number of rotatable bonds is 5. The monoisotopic (exact) mass is 253 g/mol. The number of nitrogens with zero attached hydrogens (tertiary/aromatic N) is 3. The minimum Gasteiger partial charge on any atom is -0.354 e. The first-order valence-electron chi connectivity index (χ1n) is 6.46. The van der Waals surface area contributed by atoms with E-state index in [-0.39, 0.29) is 0 Å². The average Bonchev–Trinajstić information content (AvgIpc) is 3.12. The maximum absolute atomic E-state index is 6.09. The molecule has 3 nitrogen and oxygen atoms in total. The molecule has 0 aromatic carbocycles. The molecule has 0 radical (unpaired) electrons. The summed E-state index contributed by atoms with van der Waals surface area (Å²) in [7, 11) is 0. The Morgan fingerprint density at radius 2 is 2.12 bits per heavy atom. The Hall–Kier alpha value is -0.830. The van der Waals surface area contributed by atoms with Crippen molar-refractivity contribution >= 4 is 17.4 Å². The van der Waals surface area contributed by atoms with Gasteiger partial charge in [-0.25, -0.2) is 9.97 Å². The third kappa shape index (κ3) is 2.89. The van der Waals surface area contributed by atoms with Crippen LogP contribution in [-0.4, -0.2) is 22.6 Å². The van der Waals surface area contributed by atoms with E-state index in [1.807, 2.05) is 6.07 Å². The number of aromatic nitrogens is 2. The molecular formula is C13H20ClN3. The fourth-order valence-corrected chi connectivity index (χ4v) is 2.20. The molecule has 1 aliphatic carbocycles. The quantitative estimate of drug-likeness (QED) is 0.751. The highest BCUT2D eigenvalue weighted by atomic mass is 35.5. The maximum Gasteiger partial charge on any atom is 0.135 e. The van der Waals surface area contributed by atoms with Crippen LogP contribution in [0.1, 0.15) is 51.8 Å². The summed E-state index contributed by atoms with van der Waals surface area (Å²) in [4.78, 5) is 11.3. The average molecular weight is 254 g/mol. The lowest BCUT2D eigenvalue weighted by Crippen LogP contribution is -2.33. The largest absolute Gasteiger partial charge is 0.354 e. The molecule has 17 heavy (non-hydrogen) atoms. The van der Waals surface area contributed by atoms with Gasteiger partial charge in [0.05, 0.1) is 0 Å². The molecule has 0 amide bonds. The molecule has 1 aromatic rings. The molecule has 1 fully saturated rings. The van der Waals surface area contributed by atoms with E-state index in [9.17, 15) is 0 Å². The van der Waals surface area contributed by atoms with Crippen molar-refractivity contribution in [2.75, 3.05) is 11.4 Å². The van der Waals surface area contributed by atoms with Crippen LogP contribution in [-0.2, 0) is 0 Å². The van der Waals surface area contributed by atoms with Crippen LogP contribution < -0.4 is 4.90 Å². The molecule has 0 aliphatic heterocycles. The van der Waals surface area contributed by atoms with E-state index >= 15 is 0 Å². The van der Waals surface area contributed by atoms with Gasteiger partial charge in [0.2, 0.25) is 0 Å². The maximum atomic E-state index is 6.09. The van der Waals surface area contributed by atoms with Crippen molar-refractivity contribution in [2.24, 2.45) is 0 Å². The lowest BCUT2D eigenvalue weighted by molar-refractivity contribution is 0.620. The second-order valence-electron chi connectivity index (χ2n) is 4.72. The summed E-state index contributed by atoms with van der Waals surface area (Å²) in [6.07, 6.45) is 3.51. The highest BCUT2D eigenvalue weighted by Gasteiger charge is 2.28. The van der Waals surface area contributed by atoms with Gasteiger partial charge in [-0.15, -0.1) is 0 Å². The normalized spacial score (nSPS) is 16.9. The van der Waals surface area contributed by atoms with Gasteiger partial charge < -0.3 is 4.90 Å². The van der Waals surface area contributed by atoms with E-state index in [0.717, 1.165) is 24.6 Å². The van der Waals surface area contributed by atoms with Crippen LogP contribution in [0.15, 0.2) is 6.07 Å². The van der Waals surface area contributed by atoms with Gasteiger partial charge >= 0.3 is 0 Å². The molecule has 1 saturated carbocycles. The molecule has 1 aromatic heterocycles. The SMILES string of the molecule is CCC(C)N(CC)c1cc(Cl)nc(C2CC2)n1. The summed E-state index contributed by atoms with van der Waals surface area (Å²) >= 11 is 6.09. The van der Waals surface area contributed by atoms with E-state index in [4.69, 9.17) is 11.6 Å². The fraction of sp³-hybridized carbons (Fsp3) is 0.692. The summed E-state index contributed by atoms with van der Waals surface area (Å²) in [6.45, 7) is 7.51. The van der Waals surface area contributed by atoms with E-state index < -0.39 is 0 Å². The van der Waals surface area contributed by atoms with Crippen LogP contribution >= 0.6 is 11.6 Å². The van der Waals surface area contributed by atoms with Gasteiger partial charge in [0, 0.05) is 24.6 Å². The summed E-state index contributed by atoms with van der Waals surface area (Å²) in [5, 5.41) is 0.568. The first-order chi connectivity index (χ1) is 8.15. The van der Waals surface area contributed by atoms with Crippen molar-refractivity contribution in [3.05, 3.63) is 17.0 Å². The van der Waals surface area contributed by atoms with Crippen molar-refractivity contribution in [2.45, 2.75) is 52.0 Å². The van der Waals surface area contributed by atoms with Gasteiger partial charge in [0.1, 0.15) is 16.8 Å². The topological polar surface area (TPSA) is 29.0 Å². The van der Waals surface area contributed by atoms with Crippen molar-refractivity contribution in [1.29, 1.82) is 0 Å². The van der Waals surface area contributed by atoms with Crippen LogP contribution in [0, 0.1) is 0 Å². The summed E-state index contributed by atoms with van der Waals surface area (Å²) in [6, 6.07) is 2.36. The zero-order valence-electron chi connectivity index (χ0n) is 10.8. The minimum atomic E-state index is 0.484. The Bertz CT molecular complexity index is 390. The summed E-state index contributed by atoms with van der Waals surface area (Å²) in [5.74, 6) is 2.45. The Morgan fingerprint density at radius 3 is 2.65 bits per heavy atom. The van der Waals surface area contributed by atoms with Gasteiger partial charge in [0.15, 0.2) is 0 Å². The van der Waals surface area contributed by atoms with Gasteiger partial charge in [-0.1, -0.05) is 18.5 Å². The van der Waals surface area contributed by atoms with Gasteiger partial charge in [-0.05, 0) is 33.1 Å². The Kier molecular flexibility index (Phi) is 3.87. The molecule has 1 atom stereocenters. The molecule has 0 spiro atoms. The van der Waals surface area contributed by atoms with Crippen LogP contribution in [0.5, 0.6) is 0 Å².